The van der Waals surface area contributed by atoms with Gasteiger partial charge in [-0.3, -0.25) is 4.90 Å². The summed E-state index contributed by atoms with van der Waals surface area (Å²) in [4.78, 5) is 2.26. The van der Waals surface area contributed by atoms with Crippen LogP contribution in [0.15, 0.2) is 24.3 Å². The average Bonchev–Trinajstić information content (AvgIpc) is 2.40. The molecule has 0 spiro atoms. The lowest BCUT2D eigenvalue weighted by Gasteiger charge is -2.42. The molecule has 2 rings (SSSR count). The molecule has 0 amide bonds. The molecule has 1 aromatic carbocycles. The third-order valence-electron chi connectivity index (χ3n) is 3.71. The predicted molar refractivity (Wildman–Crippen MR) is 86.4 cm³/mol. The van der Waals surface area contributed by atoms with Crippen molar-refractivity contribution in [2.24, 2.45) is 0 Å². The van der Waals surface area contributed by atoms with Gasteiger partial charge >= 0.3 is 0 Å². The Morgan fingerprint density at radius 3 is 2.62 bits per heavy atom. The molecule has 1 atom stereocenters. The normalized spacial score (nSPS) is 19.6. The van der Waals surface area contributed by atoms with Crippen molar-refractivity contribution in [2.45, 2.75) is 32.4 Å². The van der Waals surface area contributed by atoms with Crippen LogP contribution in [-0.2, 0) is 4.74 Å². The van der Waals surface area contributed by atoms with Gasteiger partial charge in [-0.15, -0.1) is 12.4 Å². The summed E-state index contributed by atoms with van der Waals surface area (Å²) in [6, 6.07) is 7.88. The summed E-state index contributed by atoms with van der Waals surface area (Å²) in [7, 11) is 0. The van der Waals surface area contributed by atoms with Crippen LogP contribution in [0.3, 0.4) is 0 Å². The highest BCUT2D eigenvalue weighted by atomic mass is 35.5. The molecule has 1 N–H and O–H groups in total. The number of benzene rings is 1. The largest absolute Gasteiger partial charge is 0.491 e. The van der Waals surface area contributed by atoms with Crippen molar-refractivity contribution in [1.29, 1.82) is 0 Å². The second kappa shape index (κ2) is 7.99. The van der Waals surface area contributed by atoms with Crippen LogP contribution in [-0.4, -0.2) is 54.6 Å². The van der Waals surface area contributed by atoms with Crippen LogP contribution in [0, 0.1) is 6.92 Å². The van der Waals surface area contributed by atoms with Crippen molar-refractivity contribution in [3.05, 3.63) is 29.8 Å². The third-order valence-corrected chi connectivity index (χ3v) is 3.71. The molecular weight excluding hydrogens is 290 g/mol. The highest BCUT2D eigenvalue weighted by Gasteiger charge is 2.31. The van der Waals surface area contributed by atoms with Gasteiger partial charge in [0.1, 0.15) is 18.5 Å². The van der Waals surface area contributed by atoms with E-state index in [1.54, 1.807) is 0 Å². The average molecular weight is 316 g/mol. The van der Waals surface area contributed by atoms with E-state index >= 15 is 0 Å². The lowest BCUT2D eigenvalue weighted by Crippen LogP contribution is -2.55. The number of hydrogen-bond acceptors (Lipinski definition) is 4. The lowest BCUT2D eigenvalue weighted by atomic mass is 10.0. The molecule has 21 heavy (non-hydrogen) atoms. The Balaban J connectivity index is 0.00000220. The van der Waals surface area contributed by atoms with Gasteiger partial charge in [0, 0.05) is 18.6 Å². The van der Waals surface area contributed by atoms with Crippen molar-refractivity contribution in [3.8, 4) is 5.75 Å². The molecule has 1 aliphatic rings. The molecule has 0 radical (unpaired) electrons. The van der Waals surface area contributed by atoms with Gasteiger partial charge in [0.25, 0.3) is 0 Å². The summed E-state index contributed by atoms with van der Waals surface area (Å²) < 4.78 is 11.1. The minimum Gasteiger partial charge on any atom is -0.491 e. The summed E-state index contributed by atoms with van der Waals surface area (Å²) in [6.45, 7) is 9.54. The van der Waals surface area contributed by atoms with E-state index in [2.05, 4.69) is 18.7 Å². The molecule has 4 nitrogen and oxygen atoms in total. The minimum atomic E-state index is -0.492. The van der Waals surface area contributed by atoms with Gasteiger partial charge in [-0.25, -0.2) is 0 Å². The Morgan fingerprint density at radius 1 is 1.33 bits per heavy atom. The van der Waals surface area contributed by atoms with Gasteiger partial charge in [0.05, 0.1) is 13.2 Å². The van der Waals surface area contributed by atoms with Crippen LogP contribution in [0.1, 0.15) is 19.4 Å². The van der Waals surface area contributed by atoms with E-state index in [0.29, 0.717) is 19.8 Å². The molecule has 0 bridgehead atoms. The van der Waals surface area contributed by atoms with Gasteiger partial charge in [-0.2, -0.15) is 0 Å². The van der Waals surface area contributed by atoms with Crippen LogP contribution < -0.4 is 4.74 Å². The van der Waals surface area contributed by atoms with Crippen molar-refractivity contribution in [1.82, 2.24) is 4.90 Å². The van der Waals surface area contributed by atoms with Crippen LogP contribution >= 0.6 is 12.4 Å². The molecule has 1 fully saturated rings. The first-order valence-corrected chi connectivity index (χ1v) is 7.18. The zero-order valence-electron chi connectivity index (χ0n) is 13.0. The van der Waals surface area contributed by atoms with Gasteiger partial charge in [-0.05, 0) is 32.9 Å². The predicted octanol–water partition coefficient (Wildman–Crippen LogP) is 2.27. The maximum atomic E-state index is 10.1. The standard InChI is InChI=1S/C16H25NO3.ClH/c1-13-4-6-15(7-5-13)20-11-14(18)10-17-8-9-19-12-16(17,2)3;/h4-7,14,18H,8-12H2,1-3H3;1H. The van der Waals surface area contributed by atoms with E-state index in [1.807, 2.05) is 31.2 Å². The highest BCUT2D eigenvalue weighted by Crippen LogP contribution is 2.19. The summed E-state index contributed by atoms with van der Waals surface area (Å²) >= 11 is 0. The summed E-state index contributed by atoms with van der Waals surface area (Å²) in [5.74, 6) is 0.802. The Morgan fingerprint density at radius 2 is 2.00 bits per heavy atom. The summed E-state index contributed by atoms with van der Waals surface area (Å²) in [5.41, 5.74) is 1.18. The molecule has 0 saturated carbocycles. The highest BCUT2D eigenvalue weighted by molar-refractivity contribution is 5.85. The SMILES string of the molecule is Cc1ccc(OCC(O)CN2CCOCC2(C)C)cc1.Cl. The number of aliphatic hydroxyl groups excluding tert-OH is 1. The van der Waals surface area contributed by atoms with Gasteiger partial charge < -0.3 is 14.6 Å². The number of rotatable bonds is 5. The Bertz CT molecular complexity index is 422. The number of ether oxygens (including phenoxy) is 2. The van der Waals surface area contributed by atoms with Crippen molar-refractivity contribution in [3.63, 3.8) is 0 Å². The van der Waals surface area contributed by atoms with Crippen LogP contribution in [0.5, 0.6) is 5.75 Å². The number of aryl methyl sites for hydroxylation is 1. The number of halogens is 1. The summed E-state index contributed by atoms with van der Waals surface area (Å²) in [5, 5.41) is 10.1. The number of aliphatic hydroxyl groups is 1. The minimum absolute atomic E-state index is 0. The first-order chi connectivity index (χ1) is 9.47. The maximum Gasteiger partial charge on any atom is 0.119 e. The van der Waals surface area contributed by atoms with E-state index in [-0.39, 0.29) is 17.9 Å². The second-order valence-electron chi connectivity index (χ2n) is 6.09. The Labute approximate surface area is 133 Å². The maximum absolute atomic E-state index is 10.1. The van der Waals surface area contributed by atoms with E-state index in [4.69, 9.17) is 9.47 Å². The molecule has 0 aliphatic carbocycles. The quantitative estimate of drug-likeness (QED) is 0.905. The first-order valence-electron chi connectivity index (χ1n) is 7.18. The number of morpholine rings is 1. The van der Waals surface area contributed by atoms with E-state index in [0.717, 1.165) is 18.9 Å². The molecule has 1 aromatic rings. The van der Waals surface area contributed by atoms with Crippen LogP contribution in [0.2, 0.25) is 0 Å². The van der Waals surface area contributed by atoms with Crippen LogP contribution in [0.25, 0.3) is 0 Å². The van der Waals surface area contributed by atoms with Gasteiger partial charge in [0.15, 0.2) is 0 Å². The zero-order chi connectivity index (χ0) is 14.6. The second-order valence-corrected chi connectivity index (χ2v) is 6.09. The van der Waals surface area contributed by atoms with Crippen molar-refractivity contribution in [2.75, 3.05) is 32.9 Å². The fraction of sp³-hybridized carbons (Fsp3) is 0.625. The topological polar surface area (TPSA) is 41.9 Å². The number of hydrogen-bond donors (Lipinski definition) is 1. The fourth-order valence-electron chi connectivity index (χ4n) is 2.36. The number of nitrogens with zero attached hydrogens (tertiary/aromatic N) is 1. The molecule has 0 aromatic heterocycles. The smallest absolute Gasteiger partial charge is 0.119 e. The van der Waals surface area contributed by atoms with Crippen molar-refractivity contribution < 1.29 is 14.6 Å². The lowest BCUT2D eigenvalue weighted by molar-refractivity contribution is -0.0703. The van der Waals surface area contributed by atoms with Gasteiger partial charge in [0.2, 0.25) is 0 Å². The molecule has 1 heterocycles. The first kappa shape index (κ1) is 18.2. The zero-order valence-corrected chi connectivity index (χ0v) is 13.9. The molecule has 1 saturated heterocycles. The third kappa shape index (κ3) is 5.47. The van der Waals surface area contributed by atoms with Gasteiger partial charge in [-0.1, -0.05) is 17.7 Å². The molecule has 1 aliphatic heterocycles. The number of β-amino-alcohol motifs (C(OH)–C–C–N with tert-alkyl or cyclic N) is 1. The molecular formula is C16H26ClNO3. The van der Waals surface area contributed by atoms with E-state index in [1.165, 1.54) is 5.56 Å². The van der Waals surface area contributed by atoms with Crippen molar-refractivity contribution >= 4 is 12.4 Å². The Kier molecular flexibility index (Phi) is 6.94. The van der Waals surface area contributed by atoms with E-state index in [9.17, 15) is 5.11 Å². The Hall–Kier alpha value is -0.810. The molecule has 1 unspecified atom stereocenters. The van der Waals surface area contributed by atoms with Crippen LogP contribution in [0.4, 0.5) is 0 Å². The van der Waals surface area contributed by atoms with E-state index < -0.39 is 6.10 Å². The summed E-state index contributed by atoms with van der Waals surface area (Å²) in [6.07, 6.45) is -0.492. The fourth-order valence-corrected chi connectivity index (χ4v) is 2.36. The molecule has 120 valence electrons. The monoisotopic (exact) mass is 315 g/mol. The molecule has 5 heteroatoms.